The van der Waals surface area contributed by atoms with E-state index in [0.29, 0.717) is 52.9 Å². The number of anilines is 4. The van der Waals surface area contributed by atoms with Gasteiger partial charge in [0.25, 0.3) is 11.8 Å². The van der Waals surface area contributed by atoms with E-state index in [9.17, 15) is 9.59 Å². The number of hydrogen-bond donors (Lipinski definition) is 4. The minimum atomic E-state index is -0.506. The van der Waals surface area contributed by atoms with Crippen LogP contribution in [0.5, 0.6) is 0 Å². The molecule has 0 saturated carbocycles. The summed E-state index contributed by atoms with van der Waals surface area (Å²) in [6.07, 6.45) is 11.7. The first-order valence-electron chi connectivity index (χ1n) is 20.9. The van der Waals surface area contributed by atoms with Gasteiger partial charge < -0.3 is 31.9 Å². The molecule has 8 aromatic rings. The predicted octanol–water partition coefficient (Wildman–Crippen LogP) is 6.98. The second kappa shape index (κ2) is 17.8. The zero-order chi connectivity index (χ0) is 43.6. The van der Waals surface area contributed by atoms with Crippen molar-refractivity contribution in [1.29, 1.82) is 0 Å². The zero-order valence-corrected chi connectivity index (χ0v) is 37.0. The summed E-state index contributed by atoms with van der Waals surface area (Å²) >= 11 is 3.44. The lowest BCUT2D eigenvalue weighted by Crippen LogP contribution is -2.21. The highest BCUT2D eigenvalue weighted by molar-refractivity contribution is 7.10. The number of fused-ring (bicyclic) bond motifs is 4. The first-order chi connectivity index (χ1) is 30.6. The van der Waals surface area contributed by atoms with E-state index >= 15 is 0 Å². The van der Waals surface area contributed by atoms with Crippen LogP contribution in [0.25, 0.3) is 34.3 Å². The molecule has 2 aliphatic heterocycles. The number of amides is 2. The molecule has 10 heterocycles. The van der Waals surface area contributed by atoms with E-state index in [0.717, 1.165) is 97.4 Å². The number of hydrogen-bond acceptors (Lipinski definition) is 14. The first kappa shape index (κ1) is 41.4. The SMILES string of the molecule is CN1CCCCc2c(NCc3cccs3)nc(-c3ncc4c(C(N)=O)cccn34)nc21.Cc1nc2c(C(N)=O)cccn2c1-c1nc(NCc2cccs2)c2c(n1)N(C)CCCC2. The Morgan fingerprint density at radius 2 is 1.24 bits per heavy atom. The minimum absolute atomic E-state index is 0.379. The Morgan fingerprint density at radius 3 is 1.81 bits per heavy atom. The predicted molar refractivity (Wildman–Crippen MR) is 250 cm³/mol. The molecule has 2 amide bonds. The third-order valence-corrected chi connectivity index (χ3v) is 13.1. The molecule has 0 bridgehead atoms. The van der Waals surface area contributed by atoms with Crippen LogP contribution in [0.15, 0.2) is 77.9 Å². The third-order valence-electron chi connectivity index (χ3n) is 11.4. The van der Waals surface area contributed by atoms with E-state index < -0.39 is 11.8 Å². The van der Waals surface area contributed by atoms with Gasteiger partial charge in [-0.1, -0.05) is 12.1 Å². The Labute approximate surface area is 372 Å². The van der Waals surface area contributed by atoms with Crippen LogP contribution in [0, 0.1) is 6.92 Å². The van der Waals surface area contributed by atoms with Crippen molar-refractivity contribution in [3.05, 3.63) is 116 Å². The summed E-state index contributed by atoms with van der Waals surface area (Å²) in [6.45, 7) is 5.22. The van der Waals surface area contributed by atoms with Gasteiger partial charge in [0.1, 0.15) is 34.6 Å². The molecule has 0 aromatic carbocycles. The Bertz CT molecular complexity index is 2940. The van der Waals surface area contributed by atoms with Crippen LogP contribution in [0.2, 0.25) is 0 Å². The number of primary amides is 2. The fraction of sp³-hybridized carbons (Fsp3) is 0.289. The summed E-state index contributed by atoms with van der Waals surface area (Å²) in [5, 5.41) is 11.2. The quantitative estimate of drug-likeness (QED) is 0.110. The summed E-state index contributed by atoms with van der Waals surface area (Å²) < 4.78 is 3.68. The second-order valence-electron chi connectivity index (χ2n) is 15.7. The van der Waals surface area contributed by atoms with Gasteiger partial charge in [-0.2, -0.15) is 0 Å². The highest BCUT2D eigenvalue weighted by Gasteiger charge is 2.26. The van der Waals surface area contributed by atoms with Crippen LogP contribution >= 0.6 is 22.7 Å². The Kier molecular flexibility index (Phi) is 11.7. The van der Waals surface area contributed by atoms with Gasteiger partial charge in [-0.05, 0) is 92.6 Å². The van der Waals surface area contributed by atoms with E-state index in [4.69, 9.17) is 31.4 Å². The summed E-state index contributed by atoms with van der Waals surface area (Å²) in [4.78, 5) is 59.5. The van der Waals surface area contributed by atoms with E-state index in [1.807, 2.05) is 34.2 Å². The maximum absolute atomic E-state index is 11.9. The number of rotatable bonds is 10. The van der Waals surface area contributed by atoms with Gasteiger partial charge >= 0.3 is 0 Å². The number of nitrogens with one attached hydrogen (secondary N) is 2. The standard InChI is InChI=1S/C23H25N7OS.C22H23N7OS/c1-14-18(30-11-5-9-16(19(24)31)23(30)26-14)21-27-20(25-13-15-7-6-12-32-15)17-8-3-4-10-29(2)22(17)28-21;1-28-9-3-2-7-16-19(24-12-14-6-5-11-31-14)26-20(27-21(16)28)22-25-13-17-15(18(23)30)8-4-10-29(17)22/h5-7,9,11-12H,3-4,8,10,13H2,1-2H3,(H2,24,31)(H,25,27,28);4-6,8,10-11,13H,2-3,7,9,12H2,1H3,(H2,23,30)(H,24,26,27). The minimum Gasteiger partial charge on any atom is -0.366 e. The van der Waals surface area contributed by atoms with Gasteiger partial charge in [-0.3, -0.25) is 18.4 Å². The highest BCUT2D eigenvalue weighted by Crippen LogP contribution is 2.35. The lowest BCUT2D eigenvalue weighted by molar-refractivity contribution is 0.0993. The topological polar surface area (TPSA) is 203 Å². The average Bonchev–Trinajstić information content (AvgIpc) is 4.10. The molecule has 0 radical (unpaired) electrons. The van der Waals surface area contributed by atoms with Crippen molar-refractivity contribution in [2.75, 3.05) is 47.6 Å². The van der Waals surface area contributed by atoms with Crippen LogP contribution in [0.1, 0.15) is 73.0 Å². The van der Waals surface area contributed by atoms with Gasteiger partial charge in [-0.25, -0.2) is 29.9 Å². The van der Waals surface area contributed by atoms with E-state index in [1.54, 1.807) is 53.1 Å². The van der Waals surface area contributed by atoms with Crippen molar-refractivity contribution in [2.24, 2.45) is 11.5 Å². The van der Waals surface area contributed by atoms with Crippen LogP contribution in [-0.2, 0) is 25.9 Å². The zero-order valence-electron chi connectivity index (χ0n) is 35.3. The van der Waals surface area contributed by atoms with Crippen molar-refractivity contribution in [3.8, 4) is 23.2 Å². The summed E-state index contributed by atoms with van der Waals surface area (Å²) in [7, 11) is 4.15. The van der Waals surface area contributed by atoms with Crippen LogP contribution in [0.3, 0.4) is 0 Å². The maximum atomic E-state index is 11.9. The molecule has 0 fully saturated rings. The first-order valence-corrected chi connectivity index (χ1v) is 22.7. The van der Waals surface area contributed by atoms with Crippen LogP contribution in [-0.4, -0.2) is 77.7 Å². The number of aromatic nitrogens is 8. The van der Waals surface area contributed by atoms with Crippen molar-refractivity contribution >= 4 is 68.9 Å². The van der Waals surface area contributed by atoms with Crippen molar-refractivity contribution in [1.82, 2.24) is 38.7 Å². The fourth-order valence-corrected chi connectivity index (χ4v) is 9.54. The molecule has 16 nitrogen and oxygen atoms in total. The number of carbonyl (C=O) groups is 2. The van der Waals surface area contributed by atoms with Crippen molar-refractivity contribution in [2.45, 2.75) is 58.5 Å². The normalized spacial score (nSPS) is 13.8. The lowest BCUT2D eigenvalue weighted by Gasteiger charge is -2.21. The molecule has 63 heavy (non-hydrogen) atoms. The number of carbonyl (C=O) groups excluding carboxylic acids is 2. The molecule has 0 aliphatic carbocycles. The second-order valence-corrected chi connectivity index (χ2v) is 17.7. The molecule has 10 rings (SSSR count). The molecule has 18 heteroatoms. The molecular formula is C45H48N14O2S2. The fourth-order valence-electron chi connectivity index (χ4n) is 8.25. The number of imidazole rings is 2. The molecule has 0 atom stereocenters. The monoisotopic (exact) mass is 880 g/mol. The van der Waals surface area contributed by atoms with Gasteiger partial charge in [0.05, 0.1) is 41.6 Å². The molecular weight excluding hydrogens is 833 g/mol. The molecule has 8 aromatic heterocycles. The van der Waals surface area contributed by atoms with Crippen molar-refractivity contribution in [3.63, 3.8) is 0 Å². The van der Waals surface area contributed by atoms with E-state index in [2.05, 4.69) is 73.5 Å². The lowest BCUT2D eigenvalue weighted by atomic mass is 10.1. The Balaban J connectivity index is 0.000000160. The molecule has 0 saturated heterocycles. The van der Waals surface area contributed by atoms with E-state index in [-0.39, 0.29) is 0 Å². The van der Waals surface area contributed by atoms with Crippen molar-refractivity contribution < 1.29 is 9.59 Å². The van der Waals surface area contributed by atoms with Gasteiger partial charge in [0.2, 0.25) is 0 Å². The molecule has 0 spiro atoms. The van der Waals surface area contributed by atoms with Gasteiger partial charge in [-0.15, -0.1) is 22.7 Å². The highest BCUT2D eigenvalue weighted by atomic mass is 32.1. The summed E-state index contributed by atoms with van der Waals surface area (Å²) in [5.74, 6) is 4.25. The molecule has 2 aliphatic rings. The third kappa shape index (κ3) is 8.38. The van der Waals surface area contributed by atoms with Gasteiger partial charge in [0.15, 0.2) is 17.5 Å². The largest absolute Gasteiger partial charge is 0.366 e. The van der Waals surface area contributed by atoms with Crippen LogP contribution < -0.4 is 31.9 Å². The number of aryl methyl sites for hydroxylation is 1. The van der Waals surface area contributed by atoms with Crippen LogP contribution in [0.4, 0.5) is 23.3 Å². The van der Waals surface area contributed by atoms with Gasteiger partial charge in [0, 0.05) is 60.5 Å². The van der Waals surface area contributed by atoms with E-state index in [1.165, 1.54) is 9.75 Å². The average molecular weight is 881 g/mol. The summed E-state index contributed by atoms with van der Waals surface area (Å²) in [6, 6.07) is 15.3. The molecule has 0 unspecified atom stereocenters. The molecule has 322 valence electrons. The number of nitrogens with zero attached hydrogens (tertiary/aromatic N) is 10. The number of thiophene rings is 2. The molecule has 6 N–H and O–H groups in total. The smallest absolute Gasteiger partial charge is 0.252 e. The Morgan fingerprint density at radius 1 is 0.683 bits per heavy atom. The summed E-state index contributed by atoms with van der Waals surface area (Å²) in [5.41, 5.74) is 16.9. The number of nitrogens with two attached hydrogens (primary N) is 2. The maximum Gasteiger partial charge on any atom is 0.252 e. The Hall–Kier alpha value is -6.92. The number of pyridine rings is 2.